The Bertz CT molecular complexity index is 445. The zero-order chi connectivity index (χ0) is 10.1. The van der Waals surface area contributed by atoms with E-state index < -0.39 is 0 Å². The first-order chi connectivity index (χ1) is 6.66. The summed E-state index contributed by atoms with van der Waals surface area (Å²) in [6.07, 6.45) is 1.95. The van der Waals surface area contributed by atoms with E-state index in [2.05, 4.69) is 24.9 Å². The fourth-order valence-electron chi connectivity index (χ4n) is 1.51. The van der Waals surface area contributed by atoms with Crippen molar-refractivity contribution in [1.82, 2.24) is 4.98 Å². The maximum atomic E-state index is 5.83. The van der Waals surface area contributed by atoms with Crippen LogP contribution in [0.15, 0.2) is 29.3 Å². The summed E-state index contributed by atoms with van der Waals surface area (Å²) in [5.41, 5.74) is 7.77. The number of hydrogen-bond acceptors (Lipinski definition) is 2. The van der Waals surface area contributed by atoms with Crippen molar-refractivity contribution in [2.75, 3.05) is 5.73 Å². The fraction of sp³-hybridized carbons (Fsp3) is 0.273. The Kier molecular flexibility index (Phi) is 2.42. The minimum atomic E-state index is 0.579. The number of thioether (sulfide) groups is 1. The van der Waals surface area contributed by atoms with Gasteiger partial charge in [-0.3, -0.25) is 0 Å². The maximum Gasteiger partial charge on any atom is 0.0485 e. The summed E-state index contributed by atoms with van der Waals surface area (Å²) < 4.78 is 0. The standard InChI is InChI=1S/C11H14N2S/c1-7(2)14-11-6-8(12)5-10-9(11)3-4-13-10/h3-7,13H,12H2,1-2H3. The molecule has 0 amide bonds. The molecule has 0 spiro atoms. The molecule has 1 aromatic heterocycles. The summed E-state index contributed by atoms with van der Waals surface area (Å²) in [5.74, 6) is 0. The van der Waals surface area contributed by atoms with E-state index in [1.54, 1.807) is 0 Å². The Morgan fingerprint density at radius 1 is 1.36 bits per heavy atom. The van der Waals surface area contributed by atoms with E-state index in [0.717, 1.165) is 11.2 Å². The summed E-state index contributed by atoms with van der Waals surface area (Å²) in [6, 6.07) is 6.11. The molecule has 1 aromatic carbocycles. The molecule has 0 fully saturated rings. The molecule has 0 unspecified atom stereocenters. The number of H-pyrrole nitrogens is 1. The highest BCUT2D eigenvalue weighted by molar-refractivity contribution is 8.00. The minimum Gasteiger partial charge on any atom is -0.399 e. The van der Waals surface area contributed by atoms with Gasteiger partial charge in [-0.15, -0.1) is 11.8 Å². The van der Waals surface area contributed by atoms with Gasteiger partial charge in [0, 0.05) is 32.9 Å². The highest BCUT2D eigenvalue weighted by atomic mass is 32.2. The molecule has 3 heteroatoms. The van der Waals surface area contributed by atoms with Crippen LogP contribution >= 0.6 is 11.8 Å². The average molecular weight is 206 g/mol. The summed E-state index contributed by atoms with van der Waals surface area (Å²) in [4.78, 5) is 4.44. The molecule has 2 aromatic rings. The third-order valence-corrected chi connectivity index (χ3v) is 3.08. The van der Waals surface area contributed by atoms with Crippen LogP contribution in [0.5, 0.6) is 0 Å². The first-order valence-corrected chi connectivity index (χ1v) is 5.58. The molecule has 0 saturated carbocycles. The van der Waals surface area contributed by atoms with Gasteiger partial charge in [-0.2, -0.15) is 0 Å². The second-order valence-electron chi connectivity index (χ2n) is 3.62. The van der Waals surface area contributed by atoms with Crippen LogP contribution in [0.1, 0.15) is 13.8 Å². The maximum absolute atomic E-state index is 5.83. The van der Waals surface area contributed by atoms with Crippen molar-refractivity contribution < 1.29 is 0 Å². The molecule has 2 nitrogen and oxygen atoms in total. The zero-order valence-corrected chi connectivity index (χ0v) is 9.19. The molecule has 0 aliphatic heterocycles. The number of nitrogens with two attached hydrogens (primary N) is 1. The highest BCUT2D eigenvalue weighted by Gasteiger charge is 2.05. The molecule has 74 valence electrons. The summed E-state index contributed by atoms with van der Waals surface area (Å²) in [5, 5.41) is 1.84. The van der Waals surface area contributed by atoms with Crippen LogP contribution in [0.3, 0.4) is 0 Å². The fourth-order valence-corrected chi connectivity index (χ4v) is 2.52. The van der Waals surface area contributed by atoms with Crippen LogP contribution in [0, 0.1) is 0 Å². The summed E-state index contributed by atoms with van der Waals surface area (Å²) in [6.45, 7) is 4.37. The number of aromatic nitrogens is 1. The van der Waals surface area contributed by atoms with Crippen molar-refractivity contribution in [2.45, 2.75) is 24.0 Å². The van der Waals surface area contributed by atoms with Crippen LogP contribution in [0.4, 0.5) is 5.69 Å². The topological polar surface area (TPSA) is 41.8 Å². The van der Waals surface area contributed by atoms with Crippen molar-refractivity contribution in [1.29, 1.82) is 0 Å². The Hall–Kier alpha value is -1.09. The lowest BCUT2D eigenvalue weighted by Crippen LogP contribution is -1.89. The molecule has 0 saturated heterocycles. The van der Waals surface area contributed by atoms with Crippen LogP contribution in [-0.2, 0) is 0 Å². The number of benzene rings is 1. The molecule has 0 radical (unpaired) electrons. The van der Waals surface area contributed by atoms with Gasteiger partial charge in [-0.25, -0.2) is 0 Å². The molecule has 2 rings (SSSR count). The number of fused-ring (bicyclic) bond motifs is 1. The van der Waals surface area contributed by atoms with Crippen molar-refractivity contribution >= 4 is 28.4 Å². The molecule has 0 bridgehead atoms. The van der Waals surface area contributed by atoms with Gasteiger partial charge in [0.2, 0.25) is 0 Å². The number of rotatable bonds is 2. The molecule has 0 aliphatic carbocycles. The zero-order valence-electron chi connectivity index (χ0n) is 8.37. The molecular formula is C11H14N2S. The van der Waals surface area contributed by atoms with Gasteiger partial charge in [0.15, 0.2) is 0 Å². The van der Waals surface area contributed by atoms with Crippen LogP contribution in [0.25, 0.3) is 10.9 Å². The van der Waals surface area contributed by atoms with Gasteiger partial charge in [0.05, 0.1) is 0 Å². The molecule has 1 heterocycles. The Balaban J connectivity index is 2.55. The van der Waals surface area contributed by atoms with Crippen LogP contribution < -0.4 is 5.73 Å². The predicted octanol–water partition coefficient (Wildman–Crippen LogP) is 3.25. The lowest BCUT2D eigenvalue weighted by Gasteiger charge is -2.07. The number of hydrogen-bond donors (Lipinski definition) is 2. The largest absolute Gasteiger partial charge is 0.399 e. The predicted molar refractivity (Wildman–Crippen MR) is 63.7 cm³/mol. The van der Waals surface area contributed by atoms with E-state index in [1.807, 2.05) is 30.1 Å². The van der Waals surface area contributed by atoms with Gasteiger partial charge in [-0.05, 0) is 18.2 Å². The molecular weight excluding hydrogens is 192 g/mol. The summed E-state index contributed by atoms with van der Waals surface area (Å²) >= 11 is 1.85. The lowest BCUT2D eigenvalue weighted by atomic mass is 10.2. The van der Waals surface area contributed by atoms with E-state index >= 15 is 0 Å². The normalized spacial score (nSPS) is 11.4. The van der Waals surface area contributed by atoms with E-state index in [1.165, 1.54) is 10.3 Å². The van der Waals surface area contributed by atoms with E-state index in [-0.39, 0.29) is 0 Å². The van der Waals surface area contributed by atoms with E-state index in [0.29, 0.717) is 5.25 Å². The van der Waals surface area contributed by atoms with Crippen LogP contribution in [0.2, 0.25) is 0 Å². The minimum absolute atomic E-state index is 0.579. The average Bonchev–Trinajstić information content (AvgIpc) is 2.50. The quantitative estimate of drug-likeness (QED) is 0.585. The highest BCUT2D eigenvalue weighted by Crippen LogP contribution is 2.32. The number of nitrogen functional groups attached to an aromatic ring is 1. The van der Waals surface area contributed by atoms with Crippen molar-refractivity contribution in [3.63, 3.8) is 0 Å². The number of aromatic amines is 1. The van der Waals surface area contributed by atoms with Crippen molar-refractivity contribution in [3.8, 4) is 0 Å². The molecule has 0 aliphatic rings. The second-order valence-corrected chi connectivity index (χ2v) is 5.24. The van der Waals surface area contributed by atoms with Gasteiger partial charge < -0.3 is 10.7 Å². The smallest absolute Gasteiger partial charge is 0.0485 e. The monoisotopic (exact) mass is 206 g/mol. The molecule has 3 N–H and O–H groups in total. The molecule has 0 atom stereocenters. The lowest BCUT2D eigenvalue weighted by molar-refractivity contribution is 1.11. The van der Waals surface area contributed by atoms with Crippen LogP contribution in [-0.4, -0.2) is 10.2 Å². The van der Waals surface area contributed by atoms with Gasteiger partial charge >= 0.3 is 0 Å². The van der Waals surface area contributed by atoms with Gasteiger partial charge in [-0.1, -0.05) is 13.8 Å². The molecule has 14 heavy (non-hydrogen) atoms. The van der Waals surface area contributed by atoms with Gasteiger partial charge in [0.25, 0.3) is 0 Å². The Morgan fingerprint density at radius 2 is 2.14 bits per heavy atom. The first-order valence-electron chi connectivity index (χ1n) is 4.70. The van der Waals surface area contributed by atoms with E-state index in [4.69, 9.17) is 5.73 Å². The Labute approximate surface area is 87.9 Å². The Morgan fingerprint density at radius 3 is 2.86 bits per heavy atom. The summed E-state index contributed by atoms with van der Waals surface area (Å²) in [7, 11) is 0. The van der Waals surface area contributed by atoms with Crippen molar-refractivity contribution in [3.05, 3.63) is 24.4 Å². The number of anilines is 1. The third kappa shape index (κ3) is 1.73. The first kappa shape index (κ1) is 9.46. The number of nitrogens with one attached hydrogen (secondary N) is 1. The second kappa shape index (κ2) is 3.58. The third-order valence-electron chi connectivity index (χ3n) is 2.02. The SMILES string of the molecule is CC(C)Sc1cc(N)cc2[nH]ccc12. The van der Waals surface area contributed by atoms with E-state index in [9.17, 15) is 0 Å². The van der Waals surface area contributed by atoms with Gasteiger partial charge in [0.1, 0.15) is 0 Å². The van der Waals surface area contributed by atoms with Crippen molar-refractivity contribution in [2.24, 2.45) is 0 Å².